The van der Waals surface area contributed by atoms with Gasteiger partial charge in [0.1, 0.15) is 24.0 Å². The Hall–Kier alpha value is -1.22. The number of thioether (sulfide) groups is 1. The van der Waals surface area contributed by atoms with Crippen molar-refractivity contribution in [2.24, 2.45) is 0 Å². The predicted molar refractivity (Wildman–Crippen MR) is 103 cm³/mol. The zero-order valence-electron chi connectivity index (χ0n) is 13.4. The van der Waals surface area contributed by atoms with E-state index >= 15 is 0 Å². The standard InChI is InChI=1S/C16H17BrN2O3S2/c1-18(2)6-7-22-14(20)10-19-15(21)13(24-16(19)23)9-11-4-3-5-12(17)8-11/h3-5,8-9H,6-7,10H2,1-2H3/p+1. The summed E-state index contributed by atoms with van der Waals surface area (Å²) in [6, 6.07) is 7.61. The van der Waals surface area contributed by atoms with Gasteiger partial charge >= 0.3 is 5.97 Å². The largest absolute Gasteiger partial charge is 0.458 e. The van der Waals surface area contributed by atoms with Crippen LogP contribution in [0.2, 0.25) is 0 Å². The molecule has 2 rings (SSSR count). The lowest BCUT2D eigenvalue weighted by Gasteiger charge is -2.14. The molecule has 1 aliphatic heterocycles. The third-order valence-electron chi connectivity index (χ3n) is 3.17. The number of halogens is 1. The molecule has 128 valence electrons. The molecule has 1 N–H and O–H groups in total. The molecule has 0 spiro atoms. The number of rotatable bonds is 6. The third kappa shape index (κ3) is 5.41. The summed E-state index contributed by atoms with van der Waals surface area (Å²) < 4.78 is 6.43. The van der Waals surface area contributed by atoms with Gasteiger partial charge in [0.2, 0.25) is 0 Å². The Morgan fingerprint density at radius 1 is 1.46 bits per heavy atom. The highest BCUT2D eigenvalue weighted by Gasteiger charge is 2.33. The first-order valence-electron chi connectivity index (χ1n) is 7.32. The minimum Gasteiger partial charge on any atom is -0.458 e. The zero-order chi connectivity index (χ0) is 17.7. The van der Waals surface area contributed by atoms with Gasteiger partial charge in [0.15, 0.2) is 0 Å². The van der Waals surface area contributed by atoms with Gasteiger partial charge in [0.25, 0.3) is 5.91 Å². The van der Waals surface area contributed by atoms with E-state index in [0.29, 0.717) is 22.4 Å². The summed E-state index contributed by atoms with van der Waals surface area (Å²) in [4.78, 5) is 27.3. The number of nitrogens with zero attached hydrogens (tertiary/aromatic N) is 1. The number of amides is 1. The van der Waals surface area contributed by atoms with Crippen molar-refractivity contribution in [1.29, 1.82) is 0 Å². The second kappa shape index (κ2) is 8.75. The van der Waals surface area contributed by atoms with Gasteiger partial charge in [-0.15, -0.1) is 0 Å². The lowest BCUT2D eigenvalue weighted by molar-refractivity contribution is -0.858. The fourth-order valence-electron chi connectivity index (χ4n) is 1.93. The molecule has 1 amide bonds. The average Bonchev–Trinajstić information content (AvgIpc) is 2.74. The molecule has 0 aromatic heterocycles. The maximum Gasteiger partial charge on any atom is 0.326 e. The van der Waals surface area contributed by atoms with Gasteiger partial charge in [-0.2, -0.15) is 0 Å². The molecular formula is C16H18BrN2O3S2+. The molecule has 1 saturated heterocycles. The maximum absolute atomic E-state index is 12.4. The number of esters is 1. The smallest absolute Gasteiger partial charge is 0.326 e. The van der Waals surface area contributed by atoms with E-state index in [1.807, 2.05) is 38.4 Å². The Kier molecular flexibility index (Phi) is 6.97. The van der Waals surface area contributed by atoms with Crippen molar-refractivity contribution < 1.29 is 19.2 Å². The van der Waals surface area contributed by atoms with E-state index in [-0.39, 0.29) is 12.5 Å². The normalized spacial score (nSPS) is 16.3. The third-order valence-corrected chi connectivity index (χ3v) is 5.04. The summed E-state index contributed by atoms with van der Waals surface area (Å²) in [5.74, 6) is -0.712. The van der Waals surface area contributed by atoms with Crippen molar-refractivity contribution in [3.8, 4) is 0 Å². The van der Waals surface area contributed by atoms with Gasteiger partial charge in [-0.05, 0) is 23.8 Å². The molecule has 1 aliphatic rings. The summed E-state index contributed by atoms with van der Waals surface area (Å²) in [6.07, 6.45) is 1.77. The Morgan fingerprint density at radius 3 is 2.88 bits per heavy atom. The number of quaternary nitrogens is 1. The molecule has 1 fully saturated rings. The molecule has 8 heteroatoms. The Morgan fingerprint density at radius 2 is 2.21 bits per heavy atom. The molecule has 0 unspecified atom stereocenters. The van der Waals surface area contributed by atoms with E-state index in [1.165, 1.54) is 21.6 Å². The number of likely N-dealkylation sites (N-methyl/N-ethyl adjacent to an activating group) is 1. The van der Waals surface area contributed by atoms with E-state index in [2.05, 4.69) is 15.9 Å². The molecule has 0 saturated carbocycles. The number of ether oxygens (including phenoxy) is 1. The van der Waals surface area contributed by atoms with E-state index in [9.17, 15) is 9.59 Å². The first-order chi connectivity index (χ1) is 11.4. The maximum atomic E-state index is 12.4. The monoisotopic (exact) mass is 429 g/mol. The molecule has 1 aromatic rings. The second-order valence-electron chi connectivity index (χ2n) is 5.50. The molecule has 0 radical (unpaired) electrons. The van der Waals surface area contributed by atoms with Gasteiger partial charge < -0.3 is 9.64 Å². The van der Waals surface area contributed by atoms with E-state index < -0.39 is 5.97 Å². The zero-order valence-corrected chi connectivity index (χ0v) is 16.6. The molecule has 0 bridgehead atoms. The van der Waals surface area contributed by atoms with E-state index in [0.717, 1.165) is 10.0 Å². The first kappa shape index (κ1) is 19.1. The topological polar surface area (TPSA) is 51.1 Å². The van der Waals surface area contributed by atoms with Gasteiger partial charge in [-0.3, -0.25) is 14.5 Å². The number of carbonyl (C=O) groups is 2. The molecule has 5 nitrogen and oxygen atoms in total. The molecule has 0 atom stereocenters. The van der Waals surface area contributed by atoms with Crippen LogP contribution in [0.25, 0.3) is 6.08 Å². The van der Waals surface area contributed by atoms with E-state index in [1.54, 1.807) is 6.08 Å². The van der Waals surface area contributed by atoms with Crippen LogP contribution in [0, 0.1) is 0 Å². The van der Waals surface area contributed by atoms with Gasteiger partial charge in [-0.25, -0.2) is 0 Å². The van der Waals surface area contributed by atoms with Crippen molar-refractivity contribution >= 4 is 62.2 Å². The number of benzene rings is 1. The number of nitrogens with one attached hydrogen (secondary N) is 1. The number of hydrogen-bond acceptors (Lipinski definition) is 5. The number of thiocarbonyl (C=S) groups is 1. The van der Waals surface area contributed by atoms with Crippen LogP contribution in [0.1, 0.15) is 5.56 Å². The molecule has 0 aliphatic carbocycles. The van der Waals surface area contributed by atoms with E-state index in [4.69, 9.17) is 17.0 Å². The summed E-state index contributed by atoms with van der Waals surface area (Å²) >= 11 is 9.81. The Bertz CT molecular complexity index is 692. The van der Waals surface area contributed by atoms with Gasteiger partial charge in [0.05, 0.1) is 19.0 Å². The Labute approximate surface area is 159 Å². The summed E-state index contributed by atoms with van der Waals surface area (Å²) in [5, 5.41) is 0. The quantitative estimate of drug-likeness (QED) is 0.420. The minimum atomic E-state index is -0.448. The van der Waals surface area contributed by atoms with Crippen LogP contribution in [0.4, 0.5) is 0 Å². The van der Waals surface area contributed by atoms with Crippen molar-refractivity contribution in [3.05, 3.63) is 39.2 Å². The lowest BCUT2D eigenvalue weighted by Crippen LogP contribution is -3.06. The highest BCUT2D eigenvalue weighted by molar-refractivity contribution is 9.10. The summed E-state index contributed by atoms with van der Waals surface area (Å²) in [5.41, 5.74) is 0.890. The molecular weight excluding hydrogens is 412 g/mol. The van der Waals surface area contributed by atoms with Crippen LogP contribution in [0.15, 0.2) is 33.6 Å². The predicted octanol–water partition coefficient (Wildman–Crippen LogP) is 1.34. The van der Waals surface area contributed by atoms with Gasteiger partial charge in [-0.1, -0.05) is 52.0 Å². The molecule has 1 heterocycles. The fraction of sp³-hybridized carbons (Fsp3) is 0.312. The minimum absolute atomic E-state index is 0.150. The summed E-state index contributed by atoms with van der Waals surface area (Å²) in [6.45, 7) is 0.889. The van der Waals surface area contributed by atoms with Crippen LogP contribution in [-0.4, -0.2) is 54.9 Å². The van der Waals surface area contributed by atoms with Crippen molar-refractivity contribution in [3.63, 3.8) is 0 Å². The number of hydrogen-bond donors (Lipinski definition) is 1. The highest BCUT2D eigenvalue weighted by atomic mass is 79.9. The van der Waals surface area contributed by atoms with Crippen LogP contribution in [0.5, 0.6) is 0 Å². The second-order valence-corrected chi connectivity index (χ2v) is 8.09. The van der Waals surface area contributed by atoms with Crippen LogP contribution in [-0.2, 0) is 14.3 Å². The highest BCUT2D eigenvalue weighted by Crippen LogP contribution is 2.32. The van der Waals surface area contributed by atoms with Crippen LogP contribution >= 0.6 is 39.9 Å². The van der Waals surface area contributed by atoms with Crippen molar-refractivity contribution in [1.82, 2.24) is 4.90 Å². The van der Waals surface area contributed by atoms with Gasteiger partial charge in [0, 0.05) is 4.47 Å². The first-order valence-corrected chi connectivity index (χ1v) is 9.34. The molecule has 1 aromatic carbocycles. The van der Waals surface area contributed by atoms with Crippen LogP contribution < -0.4 is 4.90 Å². The van der Waals surface area contributed by atoms with Crippen LogP contribution in [0.3, 0.4) is 0 Å². The average molecular weight is 430 g/mol. The number of carbonyl (C=O) groups excluding carboxylic acids is 2. The summed E-state index contributed by atoms with van der Waals surface area (Å²) in [7, 11) is 3.95. The Balaban J connectivity index is 2.00. The van der Waals surface area contributed by atoms with Crippen molar-refractivity contribution in [2.45, 2.75) is 0 Å². The lowest BCUT2D eigenvalue weighted by atomic mass is 10.2. The SMILES string of the molecule is C[NH+](C)CCOC(=O)CN1C(=O)C(=Cc2cccc(Br)c2)SC1=S. The fourth-order valence-corrected chi connectivity index (χ4v) is 3.60. The molecule has 24 heavy (non-hydrogen) atoms. The van der Waals surface area contributed by atoms with Crippen molar-refractivity contribution in [2.75, 3.05) is 33.8 Å².